The van der Waals surface area contributed by atoms with Crippen LogP contribution in [0.25, 0.3) is 0 Å². The van der Waals surface area contributed by atoms with Gasteiger partial charge in [-0.25, -0.2) is 0 Å². The average molecular weight is 564 g/mol. The van der Waals surface area contributed by atoms with Gasteiger partial charge >= 0.3 is 0 Å². The van der Waals surface area contributed by atoms with Gasteiger partial charge in [-0.05, 0) is 43.5 Å². The summed E-state index contributed by atoms with van der Waals surface area (Å²) in [7, 11) is 1.79. The number of amides is 1. The monoisotopic (exact) mass is 563 g/mol. The maximum absolute atomic E-state index is 12.1. The summed E-state index contributed by atoms with van der Waals surface area (Å²) in [5.74, 6) is 0.751. The Hall–Kier alpha value is -0.870. The van der Waals surface area contributed by atoms with E-state index in [0.717, 1.165) is 29.4 Å². The van der Waals surface area contributed by atoms with E-state index >= 15 is 0 Å². The summed E-state index contributed by atoms with van der Waals surface area (Å²) in [6, 6.07) is 8.60. The minimum absolute atomic E-state index is 0. The van der Waals surface area contributed by atoms with Gasteiger partial charge in [0.25, 0.3) is 5.91 Å². The first-order valence-electron chi connectivity index (χ1n) is 9.90. The van der Waals surface area contributed by atoms with Crippen LogP contribution in [0.15, 0.2) is 33.7 Å². The first-order chi connectivity index (χ1) is 13.2. The van der Waals surface area contributed by atoms with Crippen LogP contribution in [0.2, 0.25) is 0 Å². The number of nitrogens with zero attached hydrogens (tertiary/aromatic N) is 2. The number of guanidine groups is 1. The quantitative estimate of drug-likeness (QED) is 0.215. The highest BCUT2D eigenvalue weighted by molar-refractivity contribution is 14.0. The molecule has 1 unspecified atom stereocenters. The minimum atomic E-state index is -0.0600. The standard InChI is InChI=1S/C20H30BrN5O.HI/c1-22-20(25-17-10-13-26(14-17)18-4-2-3-5-18)24-12-11-23-19(27)15-6-8-16(21)9-7-15;/h6-9,17-18H,2-5,10-14H2,1H3,(H,23,27)(H2,22,24,25);1H. The summed E-state index contributed by atoms with van der Waals surface area (Å²) >= 11 is 3.38. The molecule has 0 bridgehead atoms. The van der Waals surface area contributed by atoms with Crippen LogP contribution in [0.4, 0.5) is 0 Å². The molecule has 3 N–H and O–H groups in total. The van der Waals surface area contributed by atoms with Crippen LogP contribution in [0.1, 0.15) is 42.5 Å². The molecule has 1 aliphatic heterocycles. The molecule has 2 aliphatic rings. The van der Waals surface area contributed by atoms with Crippen molar-refractivity contribution in [2.45, 2.75) is 44.2 Å². The molecular formula is C20H31BrIN5O. The van der Waals surface area contributed by atoms with Crippen molar-refractivity contribution in [3.63, 3.8) is 0 Å². The summed E-state index contributed by atoms with van der Waals surface area (Å²) < 4.78 is 0.967. The van der Waals surface area contributed by atoms with Crippen LogP contribution in [-0.4, -0.2) is 62.1 Å². The van der Waals surface area contributed by atoms with E-state index in [-0.39, 0.29) is 29.9 Å². The number of aliphatic imine (C=N–C) groups is 1. The lowest BCUT2D eigenvalue weighted by atomic mass is 10.2. The summed E-state index contributed by atoms with van der Waals surface area (Å²) in [6.07, 6.45) is 6.65. The number of hydrogen-bond donors (Lipinski definition) is 3. The second kappa shape index (κ2) is 12.0. The molecule has 0 spiro atoms. The third-order valence-electron chi connectivity index (χ3n) is 5.43. The third-order valence-corrected chi connectivity index (χ3v) is 5.96. The molecule has 0 radical (unpaired) electrons. The van der Waals surface area contributed by atoms with Crippen LogP contribution < -0.4 is 16.0 Å². The Morgan fingerprint density at radius 3 is 2.50 bits per heavy atom. The fourth-order valence-electron chi connectivity index (χ4n) is 3.95. The van der Waals surface area contributed by atoms with E-state index in [4.69, 9.17) is 0 Å². The van der Waals surface area contributed by atoms with Gasteiger partial charge in [-0.3, -0.25) is 14.7 Å². The van der Waals surface area contributed by atoms with Crippen molar-refractivity contribution in [3.05, 3.63) is 34.3 Å². The number of rotatable bonds is 6. The van der Waals surface area contributed by atoms with Crippen LogP contribution in [-0.2, 0) is 0 Å². The van der Waals surface area contributed by atoms with Gasteiger partial charge < -0.3 is 16.0 Å². The van der Waals surface area contributed by atoms with Gasteiger partial charge in [-0.15, -0.1) is 24.0 Å². The zero-order valence-corrected chi connectivity index (χ0v) is 20.3. The van der Waals surface area contributed by atoms with Gasteiger partial charge in [-0.2, -0.15) is 0 Å². The number of carbonyl (C=O) groups excluding carboxylic acids is 1. The van der Waals surface area contributed by atoms with Crippen LogP contribution in [0.5, 0.6) is 0 Å². The largest absolute Gasteiger partial charge is 0.355 e. The minimum Gasteiger partial charge on any atom is -0.355 e. The van der Waals surface area contributed by atoms with E-state index in [2.05, 4.69) is 41.8 Å². The normalized spacial score (nSPS) is 20.6. The van der Waals surface area contributed by atoms with Crippen molar-refractivity contribution in [2.75, 3.05) is 33.2 Å². The molecular weight excluding hydrogens is 533 g/mol. The van der Waals surface area contributed by atoms with Crippen LogP contribution >= 0.6 is 39.9 Å². The second-order valence-electron chi connectivity index (χ2n) is 7.32. The Kier molecular flexibility index (Phi) is 10.0. The summed E-state index contributed by atoms with van der Waals surface area (Å²) in [5.41, 5.74) is 0.665. The van der Waals surface area contributed by atoms with Gasteiger partial charge in [0, 0.05) is 55.3 Å². The van der Waals surface area contributed by atoms with E-state index in [1.54, 1.807) is 7.05 Å². The van der Waals surface area contributed by atoms with Crippen molar-refractivity contribution >= 4 is 51.8 Å². The van der Waals surface area contributed by atoms with Crippen molar-refractivity contribution in [2.24, 2.45) is 4.99 Å². The SMILES string of the molecule is CN=C(NCCNC(=O)c1ccc(Br)cc1)NC1CCN(C2CCCC2)C1.I. The molecule has 8 heteroatoms. The summed E-state index contributed by atoms with van der Waals surface area (Å²) in [5, 5.41) is 9.75. The highest BCUT2D eigenvalue weighted by Gasteiger charge is 2.30. The maximum Gasteiger partial charge on any atom is 0.251 e. The van der Waals surface area contributed by atoms with Crippen molar-refractivity contribution < 1.29 is 4.79 Å². The molecule has 1 aromatic carbocycles. The van der Waals surface area contributed by atoms with Gasteiger partial charge in [-0.1, -0.05) is 28.8 Å². The smallest absolute Gasteiger partial charge is 0.251 e. The molecule has 1 heterocycles. The maximum atomic E-state index is 12.1. The fraction of sp³-hybridized carbons (Fsp3) is 0.600. The first kappa shape index (κ1) is 23.4. The number of hydrogen-bond acceptors (Lipinski definition) is 3. The zero-order chi connectivity index (χ0) is 19.1. The average Bonchev–Trinajstić information content (AvgIpc) is 3.36. The fourth-order valence-corrected chi connectivity index (χ4v) is 4.22. The molecule has 1 atom stereocenters. The highest BCUT2D eigenvalue weighted by Crippen LogP contribution is 2.26. The van der Waals surface area contributed by atoms with Gasteiger partial charge in [0.15, 0.2) is 5.96 Å². The van der Waals surface area contributed by atoms with Crippen molar-refractivity contribution in [1.82, 2.24) is 20.9 Å². The molecule has 0 aromatic heterocycles. The number of carbonyl (C=O) groups is 1. The van der Waals surface area contributed by atoms with E-state index in [0.29, 0.717) is 24.7 Å². The molecule has 1 saturated carbocycles. The van der Waals surface area contributed by atoms with Gasteiger partial charge in [0.05, 0.1) is 0 Å². The lowest BCUT2D eigenvalue weighted by molar-refractivity contribution is 0.0954. The molecule has 1 aliphatic carbocycles. The topological polar surface area (TPSA) is 68.8 Å². The first-order valence-corrected chi connectivity index (χ1v) is 10.7. The Morgan fingerprint density at radius 1 is 1.14 bits per heavy atom. The second-order valence-corrected chi connectivity index (χ2v) is 8.24. The summed E-state index contributed by atoms with van der Waals surface area (Å²) in [4.78, 5) is 19.1. The van der Waals surface area contributed by atoms with Crippen LogP contribution in [0, 0.1) is 0 Å². The molecule has 1 aromatic rings. The van der Waals surface area contributed by atoms with Gasteiger partial charge in [0.1, 0.15) is 0 Å². The predicted octanol–water partition coefficient (Wildman–Crippen LogP) is 2.98. The number of likely N-dealkylation sites (tertiary alicyclic amines) is 1. The summed E-state index contributed by atoms with van der Waals surface area (Å²) in [6.45, 7) is 3.48. The number of nitrogens with one attached hydrogen (secondary N) is 3. The van der Waals surface area contributed by atoms with Crippen molar-refractivity contribution in [1.29, 1.82) is 0 Å². The lowest BCUT2D eigenvalue weighted by Gasteiger charge is -2.24. The Labute approximate surface area is 193 Å². The number of halogens is 2. The van der Waals surface area contributed by atoms with E-state index in [9.17, 15) is 4.79 Å². The molecule has 28 heavy (non-hydrogen) atoms. The third kappa shape index (κ3) is 6.88. The Morgan fingerprint density at radius 2 is 1.82 bits per heavy atom. The van der Waals surface area contributed by atoms with E-state index in [1.807, 2.05) is 24.3 Å². The van der Waals surface area contributed by atoms with Crippen molar-refractivity contribution in [3.8, 4) is 0 Å². The Bertz CT molecular complexity index is 649. The molecule has 1 amide bonds. The Balaban J connectivity index is 0.00000280. The molecule has 1 saturated heterocycles. The molecule has 6 nitrogen and oxygen atoms in total. The highest BCUT2D eigenvalue weighted by atomic mass is 127. The molecule has 156 valence electrons. The van der Waals surface area contributed by atoms with E-state index < -0.39 is 0 Å². The molecule has 3 rings (SSSR count). The van der Waals surface area contributed by atoms with Crippen LogP contribution in [0.3, 0.4) is 0 Å². The predicted molar refractivity (Wildman–Crippen MR) is 129 cm³/mol. The lowest BCUT2D eigenvalue weighted by Crippen LogP contribution is -2.47. The van der Waals surface area contributed by atoms with E-state index in [1.165, 1.54) is 32.2 Å². The zero-order valence-electron chi connectivity index (χ0n) is 16.4. The molecule has 2 fully saturated rings. The van der Waals surface area contributed by atoms with Gasteiger partial charge in [0.2, 0.25) is 0 Å². The number of benzene rings is 1.